The van der Waals surface area contributed by atoms with Crippen LogP contribution in [0.25, 0.3) is 26.9 Å². The van der Waals surface area contributed by atoms with E-state index in [1.165, 1.54) is 10.4 Å². The predicted molar refractivity (Wildman–Crippen MR) is 139 cm³/mol. The maximum atomic E-state index is 12.7. The summed E-state index contributed by atoms with van der Waals surface area (Å²) in [6, 6.07) is 7.60. The van der Waals surface area contributed by atoms with Gasteiger partial charge in [-0.1, -0.05) is 37.7 Å². The second-order valence-electron chi connectivity index (χ2n) is 8.29. The second kappa shape index (κ2) is 9.09. The molecule has 0 aliphatic rings. The lowest BCUT2D eigenvalue weighted by Crippen LogP contribution is -2.23. The molecule has 5 aromatic rings. The topological polar surface area (TPSA) is 81.2 Å². The van der Waals surface area contributed by atoms with E-state index in [9.17, 15) is 4.79 Å². The van der Waals surface area contributed by atoms with Crippen molar-refractivity contribution in [3.05, 3.63) is 56.7 Å². The maximum absolute atomic E-state index is 12.7. The molecule has 0 aliphatic heterocycles. The van der Waals surface area contributed by atoms with Gasteiger partial charge in [-0.05, 0) is 44.6 Å². The number of fused-ring (bicyclic) bond motifs is 4. The third kappa shape index (κ3) is 3.79. The Kier molecular flexibility index (Phi) is 6.13. The lowest BCUT2D eigenvalue weighted by molar-refractivity contribution is 0.288. The summed E-state index contributed by atoms with van der Waals surface area (Å²) < 4.78 is 3.53. The summed E-state index contributed by atoms with van der Waals surface area (Å²) in [4.78, 5) is 27.2. The Morgan fingerprint density at radius 2 is 1.85 bits per heavy atom. The first-order valence-electron chi connectivity index (χ1n) is 11.4. The van der Waals surface area contributed by atoms with Gasteiger partial charge in [0.2, 0.25) is 5.78 Å². The minimum atomic E-state index is -0.0716. The normalized spacial score (nSPS) is 12.1. The predicted octanol–water partition coefficient (Wildman–Crippen LogP) is 4.34. The van der Waals surface area contributed by atoms with Gasteiger partial charge in [-0.2, -0.15) is 0 Å². The molecule has 0 unspecified atom stereocenters. The van der Waals surface area contributed by atoms with Crippen LogP contribution in [0.2, 0.25) is 0 Å². The zero-order chi connectivity index (χ0) is 24.0. The first-order valence-corrected chi connectivity index (χ1v) is 13.2. The van der Waals surface area contributed by atoms with Crippen LogP contribution in [0.5, 0.6) is 0 Å². The summed E-state index contributed by atoms with van der Waals surface area (Å²) in [5, 5.41) is 11.5. The maximum Gasteiger partial charge on any atom is 0.262 e. The number of aryl methyl sites for hydroxylation is 3. The Hall–Kier alpha value is -2.82. The molecule has 0 saturated heterocycles. The fourth-order valence-corrected chi connectivity index (χ4v) is 6.33. The molecule has 176 valence electrons. The van der Waals surface area contributed by atoms with Gasteiger partial charge in [0.25, 0.3) is 5.56 Å². The van der Waals surface area contributed by atoms with Gasteiger partial charge in [0.15, 0.2) is 0 Å². The highest BCUT2D eigenvalue weighted by Gasteiger charge is 2.19. The number of hydrogen-bond acceptors (Lipinski definition) is 8. The quantitative estimate of drug-likeness (QED) is 0.246. The molecule has 0 bridgehead atoms. The summed E-state index contributed by atoms with van der Waals surface area (Å²) in [7, 11) is 1.74. The molecule has 0 aliphatic carbocycles. The third-order valence-electron chi connectivity index (χ3n) is 6.33. The standard InChI is InChI=1S/C24H27N7OS2/c1-6-30(7-2)12-18-25-21(20-14(3)15(4)34-22(20)26-18)33-13-19-27-28-24-29(5)23(32)16-10-8-9-11-17(16)31(19)24/h8-11H,6-7,12-13H2,1-5H3. The fraction of sp³-hybridized carbons (Fsp3) is 0.375. The summed E-state index contributed by atoms with van der Waals surface area (Å²) in [5.74, 6) is 2.75. The summed E-state index contributed by atoms with van der Waals surface area (Å²) in [6.45, 7) is 11.2. The fourth-order valence-electron chi connectivity index (χ4n) is 4.20. The van der Waals surface area contributed by atoms with Crippen LogP contribution < -0.4 is 5.56 Å². The zero-order valence-corrected chi connectivity index (χ0v) is 21.6. The Labute approximate surface area is 205 Å². The Morgan fingerprint density at radius 1 is 1.09 bits per heavy atom. The molecule has 8 nitrogen and oxygen atoms in total. The lowest BCUT2D eigenvalue weighted by Gasteiger charge is -2.17. The Morgan fingerprint density at radius 3 is 2.62 bits per heavy atom. The number of thioether (sulfide) groups is 1. The molecule has 34 heavy (non-hydrogen) atoms. The molecule has 4 heterocycles. The van der Waals surface area contributed by atoms with Crippen LogP contribution in [-0.4, -0.2) is 47.1 Å². The summed E-state index contributed by atoms with van der Waals surface area (Å²) in [5.41, 5.74) is 1.98. The molecule has 10 heteroatoms. The van der Waals surface area contributed by atoms with Crippen molar-refractivity contribution in [2.45, 2.75) is 45.0 Å². The van der Waals surface area contributed by atoms with Crippen LogP contribution in [0.15, 0.2) is 34.1 Å². The van der Waals surface area contributed by atoms with Crippen molar-refractivity contribution < 1.29 is 0 Å². The molecule has 0 N–H and O–H groups in total. The molecule has 5 rings (SSSR count). The average molecular weight is 494 g/mol. The van der Waals surface area contributed by atoms with Gasteiger partial charge in [0.1, 0.15) is 21.5 Å². The molecular weight excluding hydrogens is 466 g/mol. The third-order valence-corrected chi connectivity index (χ3v) is 8.40. The van der Waals surface area contributed by atoms with Gasteiger partial charge in [0, 0.05) is 17.3 Å². The number of para-hydroxylation sites is 1. The highest BCUT2D eigenvalue weighted by atomic mass is 32.2. The number of rotatable bonds is 7. The van der Waals surface area contributed by atoms with E-state index in [1.54, 1.807) is 34.7 Å². The molecule has 0 radical (unpaired) electrons. The van der Waals surface area contributed by atoms with Crippen molar-refractivity contribution >= 4 is 50.0 Å². The number of nitrogens with zero attached hydrogens (tertiary/aromatic N) is 7. The van der Waals surface area contributed by atoms with Crippen molar-refractivity contribution in [2.75, 3.05) is 13.1 Å². The minimum Gasteiger partial charge on any atom is -0.296 e. The highest BCUT2D eigenvalue weighted by molar-refractivity contribution is 7.98. The molecule has 0 fully saturated rings. The summed E-state index contributed by atoms with van der Waals surface area (Å²) >= 11 is 3.38. The van der Waals surface area contributed by atoms with E-state index in [2.05, 4.69) is 42.8 Å². The molecule has 0 saturated carbocycles. The van der Waals surface area contributed by atoms with Crippen molar-refractivity contribution in [3.8, 4) is 0 Å². The van der Waals surface area contributed by atoms with Gasteiger partial charge in [0.05, 0.1) is 23.2 Å². The number of hydrogen-bond donors (Lipinski definition) is 0. The molecule has 0 spiro atoms. The van der Waals surface area contributed by atoms with E-state index in [1.807, 2.05) is 28.7 Å². The minimum absolute atomic E-state index is 0.0716. The number of aromatic nitrogens is 6. The number of benzene rings is 1. The van der Waals surface area contributed by atoms with Crippen molar-refractivity contribution in [1.29, 1.82) is 0 Å². The van der Waals surface area contributed by atoms with Crippen molar-refractivity contribution in [2.24, 2.45) is 7.05 Å². The lowest BCUT2D eigenvalue weighted by atomic mass is 10.2. The van der Waals surface area contributed by atoms with Gasteiger partial charge in [-0.15, -0.1) is 21.5 Å². The largest absolute Gasteiger partial charge is 0.296 e. The zero-order valence-electron chi connectivity index (χ0n) is 20.0. The van der Waals surface area contributed by atoms with E-state index >= 15 is 0 Å². The van der Waals surface area contributed by atoms with E-state index in [0.717, 1.165) is 52.0 Å². The Bertz CT molecular complexity index is 1580. The molecule has 1 aromatic carbocycles. The molecule has 4 aromatic heterocycles. The molecule has 0 atom stereocenters. The van der Waals surface area contributed by atoms with E-state index in [0.29, 0.717) is 16.9 Å². The van der Waals surface area contributed by atoms with Crippen LogP contribution in [0.3, 0.4) is 0 Å². The SMILES string of the molecule is CCN(CC)Cc1nc(SCc2nnc3n(C)c(=O)c4ccccc4n23)c2c(C)c(C)sc2n1. The second-order valence-corrected chi connectivity index (χ2v) is 10.5. The highest BCUT2D eigenvalue weighted by Crippen LogP contribution is 2.36. The van der Waals surface area contributed by atoms with E-state index in [4.69, 9.17) is 9.97 Å². The molecular formula is C24H27N7OS2. The van der Waals surface area contributed by atoms with Crippen LogP contribution in [0.4, 0.5) is 0 Å². The Balaban J connectivity index is 1.58. The number of thiophene rings is 1. The van der Waals surface area contributed by atoms with Crippen LogP contribution in [-0.2, 0) is 19.3 Å². The van der Waals surface area contributed by atoms with Gasteiger partial charge < -0.3 is 0 Å². The van der Waals surface area contributed by atoms with Gasteiger partial charge in [-0.3, -0.25) is 18.7 Å². The van der Waals surface area contributed by atoms with Gasteiger partial charge in [-0.25, -0.2) is 9.97 Å². The molecule has 0 amide bonds. The van der Waals surface area contributed by atoms with Crippen molar-refractivity contribution in [1.82, 2.24) is 34.0 Å². The van der Waals surface area contributed by atoms with E-state index in [-0.39, 0.29) is 5.56 Å². The first kappa shape index (κ1) is 22.9. The van der Waals surface area contributed by atoms with Crippen LogP contribution in [0.1, 0.15) is 35.9 Å². The van der Waals surface area contributed by atoms with Crippen molar-refractivity contribution in [3.63, 3.8) is 0 Å². The monoisotopic (exact) mass is 493 g/mol. The van der Waals surface area contributed by atoms with Crippen LogP contribution in [0, 0.1) is 13.8 Å². The smallest absolute Gasteiger partial charge is 0.262 e. The van der Waals surface area contributed by atoms with Gasteiger partial charge >= 0.3 is 0 Å². The summed E-state index contributed by atoms with van der Waals surface area (Å²) in [6.07, 6.45) is 0. The van der Waals surface area contributed by atoms with Crippen LogP contribution >= 0.6 is 23.1 Å². The van der Waals surface area contributed by atoms with E-state index < -0.39 is 0 Å². The average Bonchev–Trinajstić information content (AvgIpc) is 3.40. The first-order chi connectivity index (χ1) is 16.4.